The largest absolute Gasteiger partial charge is 0.439 e. The van der Waals surface area contributed by atoms with E-state index in [1.807, 2.05) is 62.2 Å². The van der Waals surface area contributed by atoms with Crippen LogP contribution in [0.3, 0.4) is 0 Å². The summed E-state index contributed by atoms with van der Waals surface area (Å²) in [5.74, 6) is 2.37. The van der Waals surface area contributed by atoms with E-state index >= 15 is 0 Å². The van der Waals surface area contributed by atoms with Gasteiger partial charge in [0.05, 0.1) is 11.3 Å². The maximum absolute atomic E-state index is 12.8. The molecule has 1 amide bonds. The summed E-state index contributed by atoms with van der Waals surface area (Å²) >= 11 is 0. The van der Waals surface area contributed by atoms with Gasteiger partial charge in [0, 0.05) is 44.0 Å². The number of rotatable bonds is 4. The maximum atomic E-state index is 12.8. The van der Waals surface area contributed by atoms with E-state index in [1.165, 1.54) is 0 Å². The van der Waals surface area contributed by atoms with Crippen molar-refractivity contribution in [1.29, 1.82) is 0 Å². The molecule has 29 heavy (non-hydrogen) atoms. The highest BCUT2D eigenvalue weighted by molar-refractivity contribution is 5.95. The van der Waals surface area contributed by atoms with Crippen LogP contribution in [0.25, 0.3) is 0 Å². The number of aryl methyl sites for hydroxylation is 3. The predicted molar refractivity (Wildman–Crippen MR) is 109 cm³/mol. The molecule has 0 aliphatic carbocycles. The van der Waals surface area contributed by atoms with E-state index in [4.69, 9.17) is 4.74 Å². The second kappa shape index (κ2) is 8.03. The maximum Gasteiger partial charge on any atom is 0.257 e. The lowest BCUT2D eigenvalue weighted by Crippen LogP contribution is -2.38. The SMILES string of the molecule is Cc1cc(Oc2ccccc2)nc(C2CCN(C(=O)c3cn(C)nc3C)CC2)n1. The number of hydrogen-bond donors (Lipinski definition) is 0. The zero-order valence-electron chi connectivity index (χ0n) is 17.0. The molecule has 0 N–H and O–H groups in total. The highest BCUT2D eigenvalue weighted by atomic mass is 16.5. The molecule has 7 heteroatoms. The van der Waals surface area contributed by atoms with Gasteiger partial charge in [-0.3, -0.25) is 9.48 Å². The van der Waals surface area contributed by atoms with Crippen molar-refractivity contribution >= 4 is 5.91 Å². The second-order valence-electron chi connectivity index (χ2n) is 7.49. The Kier molecular flexibility index (Phi) is 5.29. The van der Waals surface area contributed by atoms with E-state index in [-0.39, 0.29) is 11.8 Å². The molecule has 1 saturated heterocycles. The van der Waals surface area contributed by atoms with E-state index < -0.39 is 0 Å². The molecule has 1 fully saturated rings. The fourth-order valence-corrected chi connectivity index (χ4v) is 3.73. The van der Waals surface area contributed by atoms with Crippen molar-refractivity contribution in [3.63, 3.8) is 0 Å². The van der Waals surface area contributed by atoms with Crippen LogP contribution in [0.5, 0.6) is 11.6 Å². The molecular weight excluding hydrogens is 366 g/mol. The summed E-state index contributed by atoms with van der Waals surface area (Å²) in [7, 11) is 1.83. The Morgan fingerprint density at radius 2 is 1.83 bits per heavy atom. The molecule has 0 radical (unpaired) electrons. The van der Waals surface area contributed by atoms with Gasteiger partial charge in [-0.2, -0.15) is 10.1 Å². The number of aromatic nitrogens is 4. The number of likely N-dealkylation sites (tertiary alicyclic amines) is 1. The third-order valence-electron chi connectivity index (χ3n) is 5.20. The number of piperidine rings is 1. The second-order valence-corrected chi connectivity index (χ2v) is 7.49. The zero-order valence-corrected chi connectivity index (χ0v) is 17.0. The third-order valence-corrected chi connectivity index (χ3v) is 5.20. The first kappa shape index (κ1) is 19.1. The minimum atomic E-state index is 0.0484. The Hall–Kier alpha value is -3.22. The summed E-state index contributed by atoms with van der Waals surface area (Å²) in [5, 5.41) is 4.28. The van der Waals surface area contributed by atoms with E-state index in [2.05, 4.69) is 15.1 Å². The lowest BCUT2D eigenvalue weighted by atomic mass is 9.95. The van der Waals surface area contributed by atoms with Crippen LogP contribution in [0, 0.1) is 13.8 Å². The molecule has 4 rings (SSSR count). The van der Waals surface area contributed by atoms with Gasteiger partial charge in [0.15, 0.2) is 0 Å². The number of para-hydroxylation sites is 1. The number of nitrogens with zero attached hydrogens (tertiary/aromatic N) is 5. The van der Waals surface area contributed by atoms with E-state index in [1.54, 1.807) is 10.9 Å². The normalized spacial score (nSPS) is 14.8. The summed E-state index contributed by atoms with van der Waals surface area (Å²) in [4.78, 5) is 24.0. The third kappa shape index (κ3) is 4.29. The molecule has 3 heterocycles. The summed E-state index contributed by atoms with van der Waals surface area (Å²) < 4.78 is 7.58. The van der Waals surface area contributed by atoms with Crippen LogP contribution in [-0.4, -0.2) is 43.6 Å². The monoisotopic (exact) mass is 391 g/mol. The Bertz CT molecular complexity index is 1010. The topological polar surface area (TPSA) is 73.1 Å². The fraction of sp³-hybridized carbons (Fsp3) is 0.364. The molecule has 0 saturated carbocycles. The van der Waals surface area contributed by atoms with Crippen molar-refractivity contribution < 1.29 is 9.53 Å². The van der Waals surface area contributed by atoms with Crippen molar-refractivity contribution in [2.75, 3.05) is 13.1 Å². The Labute approximate surface area is 170 Å². The van der Waals surface area contributed by atoms with Gasteiger partial charge in [0.1, 0.15) is 11.6 Å². The minimum Gasteiger partial charge on any atom is -0.439 e. The summed E-state index contributed by atoms with van der Waals surface area (Å²) in [6, 6.07) is 11.5. The number of carbonyl (C=O) groups excluding carboxylic acids is 1. The number of amides is 1. The Balaban J connectivity index is 1.44. The van der Waals surface area contributed by atoms with Crippen LogP contribution in [-0.2, 0) is 7.05 Å². The first-order chi connectivity index (χ1) is 14.0. The van der Waals surface area contributed by atoms with E-state index in [0.717, 1.165) is 35.8 Å². The molecule has 3 aromatic rings. The van der Waals surface area contributed by atoms with Crippen molar-refractivity contribution in [3.05, 3.63) is 65.4 Å². The smallest absolute Gasteiger partial charge is 0.257 e. The Morgan fingerprint density at radius 3 is 2.48 bits per heavy atom. The highest BCUT2D eigenvalue weighted by Gasteiger charge is 2.28. The lowest BCUT2D eigenvalue weighted by molar-refractivity contribution is 0.0710. The molecule has 1 aliphatic heterocycles. The molecule has 0 unspecified atom stereocenters. The predicted octanol–water partition coefficient (Wildman–Crippen LogP) is 3.64. The van der Waals surface area contributed by atoms with Crippen LogP contribution < -0.4 is 4.74 Å². The van der Waals surface area contributed by atoms with Crippen LogP contribution in [0.4, 0.5) is 0 Å². The van der Waals surface area contributed by atoms with Gasteiger partial charge in [0.25, 0.3) is 5.91 Å². The fourth-order valence-electron chi connectivity index (χ4n) is 3.73. The first-order valence-electron chi connectivity index (χ1n) is 9.87. The molecule has 1 aromatic carbocycles. The average Bonchev–Trinajstić information content (AvgIpc) is 3.06. The molecule has 150 valence electrons. The van der Waals surface area contributed by atoms with Crippen LogP contribution in [0.15, 0.2) is 42.6 Å². The molecule has 0 atom stereocenters. The Morgan fingerprint density at radius 1 is 1.10 bits per heavy atom. The van der Waals surface area contributed by atoms with E-state index in [9.17, 15) is 4.79 Å². The standard InChI is InChI=1S/C22H25N5O2/c1-15-13-20(29-18-7-5-4-6-8-18)24-21(23-15)17-9-11-27(12-10-17)22(28)19-14-26(3)25-16(19)2/h4-8,13-14,17H,9-12H2,1-3H3. The van der Waals surface area contributed by atoms with Gasteiger partial charge < -0.3 is 9.64 Å². The van der Waals surface area contributed by atoms with Crippen LogP contribution in [0.1, 0.15) is 46.3 Å². The van der Waals surface area contributed by atoms with Crippen LogP contribution >= 0.6 is 0 Å². The minimum absolute atomic E-state index is 0.0484. The molecule has 2 aromatic heterocycles. The van der Waals surface area contributed by atoms with Gasteiger partial charge >= 0.3 is 0 Å². The van der Waals surface area contributed by atoms with Gasteiger partial charge in [-0.15, -0.1) is 0 Å². The highest BCUT2D eigenvalue weighted by Crippen LogP contribution is 2.29. The van der Waals surface area contributed by atoms with Gasteiger partial charge in [-0.05, 0) is 38.8 Å². The van der Waals surface area contributed by atoms with Crippen molar-refractivity contribution in [1.82, 2.24) is 24.6 Å². The van der Waals surface area contributed by atoms with Crippen molar-refractivity contribution in [2.24, 2.45) is 7.05 Å². The molecule has 0 spiro atoms. The first-order valence-corrected chi connectivity index (χ1v) is 9.87. The molecule has 0 bridgehead atoms. The van der Waals surface area contributed by atoms with Crippen molar-refractivity contribution in [3.8, 4) is 11.6 Å². The molecule has 7 nitrogen and oxygen atoms in total. The lowest BCUT2D eigenvalue weighted by Gasteiger charge is -2.31. The average molecular weight is 391 g/mol. The van der Waals surface area contributed by atoms with Gasteiger partial charge in [-0.25, -0.2) is 4.98 Å². The molecular formula is C22H25N5O2. The van der Waals surface area contributed by atoms with Crippen molar-refractivity contribution in [2.45, 2.75) is 32.6 Å². The quantitative estimate of drug-likeness (QED) is 0.679. The number of hydrogen-bond acceptors (Lipinski definition) is 5. The van der Waals surface area contributed by atoms with Gasteiger partial charge in [0.2, 0.25) is 5.88 Å². The number of ether oxygens (including phenoxy) is 1. The molecule has 1 aliphatic rings. The van der Waals surface area contributed by atoms with Crippen LogP contribution in [0.2, 0.25) is 0 Å². The number of benzene rings is 1. The van der Waals surface area contributed by atoms with E-state index in [0.29, 0.717) is 24.5 Å². The summed E-state index contributed by atoms with van der Waals surface area (Å²) in [5.41, 5.74) is 2.33. The number of carbonyl (C=O) groups is 1. The summed E-state index contributed by atoms with van der Waals surface area (Å²) in [6.07, 6.45) is 3.46. The summed E-state index contributed by atoms with van der Waals surface area (Å²) in [6.45, 7) is 5.19. The zero-order chi connectivity index (χ0) is 20.4. The van der Waals surface area contributed by atoms with Gasteiger partial charge in [-0.1, -0.05) is 18.2 Å².